The lowest BCUT2D eigenvalue weighted by atomic mass is 10.1. The number of alkyl halides is 1. The summed E-state index contributed by atoms with van der Waals surface area (Å²) in [6.07, 6.45) is 1.70. The van der Waals surface area contributed by atoms with E-state index in [1.165, 1.54) is 0 Å². The van der Waals surface area contributed by atoms with Gasteiger partial charge in [-0.3, -0.25) is 0 Å². The van der Waals surface area contributed by atoms with Crippen molar-refractivity contribution >= 4 is 11.6 Å². The van der Waals surface area contributed by atoms with Crippen molar-refractivity contribution in [2.75, 3.05) is 5.88 Å². The number of benzene rings is 1. The van der Waals surface area contributed by atoms with Gasteiger partial charge in [-0.15, -0.1) is 11.6 Å². The maximum absolute atomic E-state index is 5.65. The van der Waals surface area contributed by atoms with Gasteiger partial charge in [0.05, 0.1) is 0 Å². The molecule has 2 rings (SSSR count). The summed E-state index contributed by atoms with van der Waals surface area (Å²) >= 11 is 5.65. The van der Waals surface area contributed by atoms with E-state index in [9.17, 15) is 0 Å². The summed E-state index contributed by atoms with van der Waals surface area (Å²) in [6, 6.07) is 10.1. The maximum Gasteiger partial charge on any atom is 0.195 e. The number of aromatic nitrogens is 1. The molecule has 1 aromatic heterocycles. The lowest BCUT2D eigenvalue weighted by Gasteiger charge is -1.94. The Balaban J connectivity index is 2.25. The zero-order chi connectivity index (χ0) is 11.4. The minimum Gasteiger partial charge on any atom is -0.445 e. The van der Waals surface area contributed by atoms with Crippen LogP contribution in [0.1, 0.15) is 18.1 Å². The van der Waals surface area contributed by atoms with Crippen molar-refractivity contribution in [1.82, 2.24) is 4.98 Å². The van der Waals surface area contributed by atoms with Gasteiger partial charge in [0, 0.05) is 17.9 Å². The number of rotatable bonds is 4. The van der Waals surface area contributed by atoms with Crippen LogP contribution >= 0.6 is 11.6 Å². The van der Waals surface area contributed by atoms with Crippen molar-refractivity contribution in [3.8, 4) is 11.3 Å². The highest BCUT2D eigenvalue weighted by atomic mass is 35.5. The van der Waals surface area contributed by atoms with Gasteiger partial charge in [0.25, 0.3) is 0 Å². The number of oxazole rings is 1. The minimum absolute atomic E-state index is 0.641. The predicted octanol–water partition coefficient (Wildman–Crippen LogP) is 3.82. The Bertz CT molecular complexity index is 450. The Labute approximate surface area is 100 Å². The van der Waals surface area contributed by atoms with Crippen LogP contribution in [0.25, 0.3) is 11.3 Å². The molecule has 16 heavy (non-hydrogen) atoms. The third kappa shape index (κ3) is 2.45. The van der Waals surface area contributed by atoms with Gasteiger partial charge in [0.1, 0.15) is 11.5 Å². The fraction of sp³-hybridized carbons (Fsp3) is 0.308. The molecule has 0 N–H and O–H groups in total. The van der Waals surface area contributed by atoms with Gasteiger partial charge in [-0.25, -0.2) is 4.98 Å². The van der Waals surface area contributed by atoms with Crippen LogP contribution < -0.4 is 0 Å². The molecule has 0 spiro atoms. The molecule has 0 saturated heterocycles. The molecule has 0 unspecified atom stereocenters. The van der Waals surface area contributed by atoms with Crippen molar-refractivity contribution in [3.05, 3.63) is 42.0 Å². The first-order chi connectivity index (χ1) is 7.81. The van der Waals surface area contributed by atoms with E-state index in [0.717, 1.165) is 35.7 Å². The molecule has 0 aliphatic carbocycles. The fourth-order valence-corrected chi connectivity index (χ4v) is 1.77. The summed E-state index contributed by atoms with van der Waals surface area (Å²) in [5, 5.41) is 0. The molecular weight excluding hydrogens is 222 g/mol. The number of hydrogen-bond donors (Lipinski definition) is 0. The summed E-state index contributed by atoms with van der Waals surface area (Å²) in [4.78, 5) is 4.49. The van der Waals surface area contributed by atoms with Crippen molar-refractivity contribution in [2.24, 2.45) is 0 Å². The third-order valence-electron chi connectivity index (χ3n) is 2.41. The van der Waals surface area contributed by atoms with Crippen molar-refractivity contribution in [2.45, 2.75) is 19.8 Å². The first-order valence-corrected chi connectivity index (χ1v) is 5.92. The van der Waals surface area contributed by atoms with Gasteiger partial charge in [0.15, 0.2) is 5.89 Å². The van der Waals surface area contributed by atoms with Crippen molar-refractivity contribution in [1.29, 1.82) is 0 Å². The van der Waals surface area contributed by atoms with Crippen LogP contribution in [0.2, 0.25) is 0 Å². The van der Waals surface area contributed by atoms with Crippen molar-refractivity contribution < 1.29 is 4.42 Å². The van der Waals surface area contributed by atoms with Gasteiger partial charge < -0.3 is 4.42 Å². The Morgan fingerprint density at radius 1 is 1.25 bits per heavy atom. The minimum atomic E-state index is 0.641. The molecule has 2 nitrogen and oxygen atoms in total. The quantitative estimate of drug-likeness (QED) is 0.753. The number of aryl methyl sites for hydroxylation is 2. The lowest BCUT2D eigenvalue weighted by Crippen LogP contribution is -1.86. The summed E-state index contributed by atoms with van der Waals surface area (Å²) in [5.74, 6) is 2.29. The van der Waals surface area contributed by atoms with E-state index in [2.05, 4.69) is 4.98 Å². The van der Waals surface area contributed by atoms with Gasteiger partial charge >= 0.3 is 0 Å². The standard InChI is InChI=1S/C13H14ClNO/c1-10-13(11-6-3-2-4-7-11)15-12(16-10)8-5-9-14/h2-4,6-7H,5,8-9H2,1H3. The Morgan fingerprint density at radius 2 is 2.00 bits per heavy atom. The average molecular weight is 236 g/mol. The molecule has 2 aromatic rings. The van der Waals surface area contributed by atoms with Crippen LogP contribution in [0.4, 0.5) is 0 Å². The fourth-order valence-electron chi connectivity index (χ4n) is 1.64. The number of hydrogen-bond acceptors (Lipinski definition) is 2. The SMILES string of the molecule is Cc1oc(CCCCl)nc1-c1ccccc1. The van der Waals surface area contributed by atoms with E-state index in [1.807, 2.05) is 37.3 Å². The monoisotopic (exact) mass is 235 g/mol. The summed E-state index contributed by atoms with van der Waals surface area (Å²) < 4.78 is 5.60. The van der Waals surface area contributed by atoms with E-state index in [1.54, 1.807) is 0 Å². The Kier molecular flexibility index (Phi) is 3.62. The second kappa shape index (κ2) is 5.17. The highest BCUT2D eigenvalue weighted by Gasteiger charge is 2.10. The van der Waals surface area contributed by atoms with E-state index in [4.69, 9.17) is 16.0 Å². The zero-order valence-corrected chi connectivity index (χ0v) is 10.00. The van der Waals surface area contributed by atoms with Gasteiger partial charge in [-0.05, 0) is 13.3 Å². The normalized spacial score (nSPS) is 10.6. The highest BCUT2D eigenvalue weighted by molar-refractivity contribution is 6.17. The summed E-state index contributed by atoms with van der Waals surface area (Å²) in [5.41, 5.74) is 2.03. The van der Waals surface area contributed by atoms with E-state index < -0.39 is 0 Å². The molecule has 0 bridgehead atoms. The van der Waals surface area contributed by atoms with Crippen LogP contribution in [0.3, 0.4) is 0 Å². The number of nitrogens with zero attached hydrogens (tertiary/aromatic N) is 1. The Morgan fingerprint density at radius 3 is 2.69 bits per heavy atom. The van der Waals surface area contributed by atoms with E-state index in [-0.39, 0.29) is 0 Å². The van der Waals surface area contributed by atoms with Gasteiger partial charge in [-0.1, -0.05) is 30.3 Å². The van der Waals surface area contributed by atoms with Gasteiger partial charge in [-0.2, -0.15) is 0 Å². The zero-order valence-electron chi connectivity index (χ0n) is 9.24. The topological polar surface area (TPSA) is 26.0 Å². The smallest absolute Gasteiger partial charge is 0.195 e. The molecule has 3 heteroatoms. The molecular formula is C13H14ClNO. The van der Waals surface area contributed by atoms with Crippen LogP contribution in [0.15, 0.2) is 34.7 Å². The van der Waals surface area contributed by atoms with Crippen LogP contribution in [-0.2, 0) is 6.42 Å². The average Bonchev–Trinajstić information content (AvgIpc) is 2.69. The first-order valence-electron chi connectivity index (χ1n) is 5.39. The molecule has 0 aliphatic heterocycles. The second-order valence-electron chi connectivity index (χ2n) is 3.67. The lowest BCUT2D eigenvalue weighted by molar-refractivity contribution is 0.469. The third-order valence-corrected chi connectivity index (χ3v) is 2.68. The van der Waals surface area contributed by atoms with Gasteiger partial charge in [0.2, 0.25) is 0 Å². The largest absolute Gasteiger partial charge is 0.445 e. The second-order valence-corrected chi connectivity index (χ2v) is 4.05. The first kappa shape index (κ1) is 11.2. The molecule has 1 aromatic carbocycles. The maximum atomic E-state index is 5.65. The number of halogens is 1. The van der Waals surface area contributed by atoms with E-state index in [0.29, 0.717) is 5.88 Å². The van der Waals surface area contributed by atoms with Crippen molar-refractivity contribution in [3.63, 3.8) is 0 Å². The summed E-state index contributed by atoms with van der Waals surface area (Å²) in [6.45, 7) is 1.94. The molecule has 0 radical (unpaired) electrons. The highest BCUT2D eigenvalue weighted by Crippen LogP contribution is 2.23. The molecule has 1 heterocycles. The van der Waals surface area contributed by atoms with Crippen LogP contribution in [0.5, 0.6) is 0 Å². The van der Waals surface area contributed by atoms with Crippen LogP contribution in [0, 0.1) is 6.92 Å². The molecule has 0 fully saturated rings. The molecule has 84 valence electrons. The van der Waals surface area contributed by atoms with E-state index >= 15 is 0 Å². The Hall–Kier alpha value is -1.28. The molecule has 0 amide bonds. The van der Waals surface area contributed by atoms with Crippen LogP contribution in [-0.4, -0.2) is 10.9 Å². The predicted molar refractivity (Wildman–Crippen MR) is 65.7 cm³/mol. The molecule has 0 saturated carbocycles. The summed E-state index contributed by atoms with van der Waals surface area (Å²) in [7, 11) is 0. The molecule has 0 aliphatic rings. The molecule has 0 atom stereocenters.